The maximum absolute atomic E-state index is 13.8. The molecule has 0 amide bonds. The van der Waals surface area contributed by atoms with E-state index >= 15 is 0 Å². The van der Waals surface area contributed by atoms with E-state index in [0.29, 0.717) is 12.1 Å². The summed E-state index contributed by atoms with van der Waals surface area (Å²) in [5.41, 5.74) is 0.797. The molecule has 0 aromatic heterocycles. The maximum atomic E-state index is 13.8. The van der Waals surface area contributed by atoms with Crippen molar-refractivity contribution in [3.05, 3.63) is 29.1 Å². The minimum Gasteiger partial charge on any atom is -0.316 e. The zero-order chi connectivity index (χ0) is 14.0. The third kappa shape index (κ3) is 3.13. The van der Waals surface area contributed by atoms with Gasteiger partial charge in [-0.3, -0.25) is 0 Å². The summed E-state index contributed by atoms with van der Waals surface area (Å²) in [5, 5.41) is 2.89. The van der Waals surface area contributed by atoms with E-state index in [-0.39, 0.29) is 16.5 Å². The monoisotopic (exact) mass is 286 g/mol. The molecule has 106 valence electrons. The fraction of sp³-hybridized carbons (Fsp3) is 0.538. The quantitative estimate of drug-likeness (QED) is 0.866. The van der Waals surface area contributed by atoms with Gasteiger partial charge in [-0.15, -0.1) is 0 Å². The van der Waals surface area contributed by atoms with E-state index in [4.69, 9.17) is 0 Å². The van der Waals surface area contributed by atoms with E-state index in [0.717, 1.165) is 19.3 Å². The lowest BCUT2D eigenvalue weighted by molar-refractivity contribution is 0.383. The molecule has 0 aliphatic heterocycles. The van der Waals surface area contributed by atoms with E-state index in [1.807, 2.05) is 0 Å². The minimum atomic E-state index is -3.63. The van der Waals surface area contributed by atoms with Crippen molar-refractivity contribution in [1.82, 2.24) is 10.0 Å². The molecule has 0 saturated heterocycles. The minimum absolute atomic E-state index is 0.000387. The zero-order valence-corrected chi connectivity index (χ0v) is 12.0. The highest BCUT2D eigenvalue weighted by Gasteiger charge is 2.26. The molecule has 0 radical (unpaired) electrons. The lowest BCUT2D eigenvalue weighted by atomic mass is 9.94. The summed E-state index contributed by atoms with van der Waals surface area (Å²) in [6.07, 6.45) is 2.76. The molecule has 1 fully saturated rings. The smallest absolute Gasteiger partial charge is 0.241 e. The Bertz CT molecular complexity index is 568. The maximum Gasteiger partial charge on any atom is 0.241 e. The van der Waals surface area contributed by atoms with Crippen LogP contribution in [0.15, 0.2) is 17.0 Å². The van der Waals surface area contributed by atoms with Gasteiger partial charge in [0, 0.05) is 18.2 Å². The molecule has 2 rings (SSSR count). The van der Waals surface area contributed by atoms with E-state index in [1.54, 1.807) is 7.05 Å². The third-order valence-corrected chi connectivity index (χ3v) is 5.10. The predicted octanol–water partition coefficient (Wildman–Crippen LogP) is 1.68. The highest BCUT2D eigenvalue weighted by molar-refractivity contribution is 7.89. The normalized spacial score (nSPS) is 16.4. The number of hydrogen-bond donors (Lipinski definition) is 2. The molecule has 1 aromatic rings. The summed E-state index contributed by atoms with van der Waals surface area (Å²) in [4.78, 5) is 0.0460. The average molecular weight is 286 g/mol. The standard InChI is InChI=1S/C13H19FN2O2S/c1-9-12(14)6-10(8-15-2)7-13(9)19(17,18)16-11-4-3-5-11/h6-7,11,15-16H,3-5,8H2,1-2H3. The molecule has 0 heterocycles. The molecule has 1 saturated carbocycles. The van der Waals surface area contributed by atoms with Crippen molar-refractivity contribution < 1.29 is 12.8 Å². The molecule has 0 bridgehead atoms. The van der Waals surface area contributed by atoms with Crippen molar-refractivity contribution >= 4 is 10.0 Å². The highest BCUT2D eigenvalue weighted by Crippen LogP contribution is 2.24. The van der Waals surface area contributed by atoms with Crippen molar-refractivity contribution in [2.45, 2.75) is 43.7 Å². The van der Waals surface area contributed by atoms with Gasteiger partial charge in [0.15, 0.2) is 0 Å². The van der Waals surface area contributed by atoms with Crippen molar-refractivity contribution in [3.8, 4) is 0 Å². The Morgan fingerprint density at radius 1 is 1.37 bits per heavy atom. The topological polar surface area (TPSA) is 58.2 Å². The molecule has 0 atom stereocenters. The van der Waals surface area contributed by atoms with Crippen LogP contribution in [0.1, 0.15) is 30.4 Å². The predicted molar refractivity (Wildman–Crippen MR) is 71.9 cm³/mol. The molecule has 6 heteroatoms. The summed E-state index contributed by atoms with van der Waals surface area (Å²) in [6, 6.07) is 2.91. The number of benzene rings is 1. The second-order valence-electron chi connectivity index (χ2n) is 4.98. The molecule has 0 unspecified atom stereocenters. The SMILES string of the molecule is CNCc1cc(F)c(C)c(S(=O)(=O)NC2CCC2)c1. The van der Waals surface area contributed by atoms with Crippen LogP contribution in [-0.2, 0) is 16.6 Å². The number of sulfonamides is 1. The average Bonchev–Trinajstić information content (AvgIpc) is 2.29. The van der Waals surface area contributed by atoms with Crippen LogP contribution < -0.4 is 10.0 Å². The first kappa shape index (κ1) is 14.4. The molecule has 1 aliphatic rings. The second-order valence-corrected chi connectivity index (χ2v) is 6.66. The van der Waals surface area contributed by atoms with Crippen LogP contribution in [-0.4, -0.2) is 21.5 Å². The fourth-order valence-electron chi connectivity index (χ4n) is 2.10. The molecule has 2 N–H and O–H groups in total. The Labute approximate surface area is 113 Å². The molecule has 0 spiro atoms. The van der Waals surface area contributed by atoms with Crippen LogP contribution in [0.25, 0.3) is 0 Å². The van der Waals surface area contributed by atoms with E-state index < -0.39 is 15.8 Å². The molecular weight excluding hydrogens is 267 g/mol. The zero-order valence-electron chi connectivity index (χ0n) is 11.2. The van der Waals surface area contributed by atoms with Crippen LogP contribution in [0, 0.1) is 12.7 Å². The van der Waals surface area contributed by atoms with Gasteiger partial charge in [-0.25, -0.2) is 17.5 Å². The summed E-state index contributed by atoms with van der Waals surface area (Å²) < 4.78 is 41.0. The van der Waals surface area contributed by atoms with E-state index in [9.17, 15) is 12.8 Å². The van der Waals surface area contributed by atoms with Crippen LogP contribution in [0.5, 0.6) is 0 Å². The summed E-state index contributed by atoms with van der Waals surface area (Å²) in [7, 11) is -1.90. The molecule has 1 aromatic carbocycles. The number of rotatable bonds is 5. The Kier molecular flexibility index (Phi) is 4.23. The van der Waals surface area contributed by atoms with Gasteiger partial charge in [-0.2, -0.15) is 0 Å². The van der Waals surface area contributed by atoms with Gasteiger partial charge in [0.25, 0.3) is 0 Å². The number of nitrogens with one attached hydrogen (secondary N) is 2. The Morgan fingerprint density at radius 3 is 2.58 bits per heavy atom. The molecule has 19 heavy (non-hydrogen) atoms. The Morgan fingerprint density at radius 2 is 2.05 bits per heavy atom. The first-order chi connectivity index (χ1) is 8.94. The summed E-state index contributed by atoms with van der Waals surface area (Å²) in [6.45, 7) is 1.93. The summed E-state index contributed by atoms with van der Waals surface area (Å²) >= 11 is 0. The Balaban J connectivity index is 2.36. The molecule has 4 nitrogen and oxygen atoms in total. The van der Waals surface area contributed by atoms with Crippen LogP contribution in [0.4, 0.5) is 4.39 Å². The largest absolute Gasteiger partial charge is 0.316 e. The van der Waals surface area contributed by atoms with Gasteiger partial charge < -0.3 is 5.32 Å². The van der Waals surface area contributed by atoms with E-state index in [1.165, 1.54) is 19.1 Å². The fourth-order valence-corrected chi connectivity index (χ4v) is 3.71. The highest BCUT2D eigenvalue weighted by atomic mass is 32.2. The van der Waals surface area contributed by atoms with Gasteiger partial charge in [0.2, 0.25) is 10.0 Å². The first-order valence-electron chi connectivity index (χ1n) is 6.40. The van der Waals surface area contributed by atoms with Gasteiger partial charge in [0.1, 0.15) is 5.82 Å². The lowest BCUT2D eigenvalue weighted by Gasteiger charge is -2.26. The lowest BCUT2D eigenvalue weighted by Crippen LogP contribution is -2.39. The van der Waals surface area contributed by atoms with Gasteiger partial charge in [0.05, 0.1) is 4.90 Å². The molecule has 1 aliphatic carbocycles. The second kappa shape index (κ2) is 5.56. The summed E-state index contributed by atoms with van der Waals surface area (Å²) in [5.74, 6) is -0.485. The first-order valence-corrected chi connectivity index (χ1v) is 7.88. The van der Waals surface area contributed by atoms with Crippen molar-refractivity contribution in [3.63, 3.8) is 0 Å². The third-order valence-electron chi connectivity index (χ3n) is 3.45. The number of hydrogen-bond acceptors (Lipinski definition) is 3. The van der Waals surface area contributed by atoms with Crippen LogP contribution in [0.2, 0.25) is 0 Å². The Hall–Kier alpha value is -0.980. The van der Waals surface area contributed by atoms with Gasteiger partial charge >= 0.3 is 0 Å². The van der Waals surface area contributed by atoms with E-state index in [2.05, 4.69) is 10.0 Å². The molecular formula is C13H19FN2O2S. The van der Waals surface area contributed by atoms with Crippen molar-refractivity contribution in [2.75, 3.05) is 7.05 Å². The van der Waals surface area contributed by atoms with Crippen molar-refractivity contribution in [2.24, 2.45) is 0 Å². The van der Waals surface area contributed by atoms with Gasteiger partial charge in [-0.05, 0) is 44.5 Å². The van der Waals surface area contributed by atoms with Crippen LogP contribution >= 0.6 is 0 Å². The van der Waals surface area contributed by atoms with Crippen molar-refractivity contribution in [1.29, 1.82) is 0 Å². The number of halogens is 1. The van der Waals surface area contributed by atoms with Gasteiger partial charge in [-0.1, -0.05) is 6.42 Å². The van der Waals surface area contributed by atoms with Crippen LogP contribution in [0.3, 0.4) is 0 Å².